The molecule has 1 aliphatic carbocycles. The molecule has 0 unspecified atom stereocenters. The van der Waals surface area contributed by atoms with Crippen molar-refractivity contribution in [3.8, 4) is 5.75 Å². The molecule has 1 aliphatic rings. The standard InChI is InChI=1S/C17H19ClN2O/c1-11-15(7-8-17(18)19-11)20-13-9-12(10-13)14-5-3-4-6-16(14)21-2/h3-8,12-13,20H,9-10H2,1-2H3. The van der Waals surface area contributed by atoms with Gasteiger partial charge >= 0.3 is 0 Å². The zero-order valence-electron chi connectivity index (χ0n) is 12.3. The molecule has 1 saturated carbocycles. The summed E-state index contributed by atoms with van der Waals surface area (Å²) in [5.41, 5.74) is 3.33. The van der Waals surface area contributed by atoms with Gasteiger partial charge in [0, 0.05) is 6.04 Å². The molecule has 4 heteroatoms. The number of pyridine rings is 1. The van der Waals surface area contributed by atoms with Crippen molar-refractivity contribution >= 4 is 17.3 Å². The average Bonchev–Trinajstić information content (AvgIpc) is 2.44. The number of aromatic nitrogens is 1. The number of nitrogens with zero attached hydrogens (tertiary/aromatic N) is 1. The van der Waals surface area contributed by atoms with Crippen LogP contribution >= 0.6 is 11.6 Å². The molecule has 0 spiro atoms. The summed E-state index contributed by atoms with van der Waals surface area (Å²) in [5, 5.41) is 4.09. The van der Waals surface area contributed by atoms with Crippen LogP contribution in [0.15, 0.2) is 36.4 Å². The Morgan fingerprint density at radius 3 is 2.67 bits per heavy atom. The van der Waals surface area contributed by atoms with Gasteiger partial charge in [-0.15, -0.1) is 0 Å². The molecule has 0 aliphatic heterocycles. The zero-order chi connectivity index (χ0) is 14.8. The van der Waals surface area contributed by atoms with Crippen LogP contribution in [0.25, 0.3) is 0 Å². The van der Waals surface area contributed by atoms with E-state index in [0.29, 0.717) is 17.1 Å². The molecule has 0 radical (unpaired) electrons. The quantitative estimate of drug-likeness (QED) is 0.849. The van der Waals surface area contributed by atoms with Crippen LogP contribution in [0.5, 0.6) is 5.75 Å². The van der Waals surface area contributed by atoms with Crippen molar-refractivity contribution in [3.63, 3.8) is 0 Å². The number of nitrogens with one attached hydrogen (secondary N) is 1. The summed E-state index contributed by atoms with van der Waals surface area (Å²) in [6, 6.07) is 12.6. The minimum absolute atomic E-state index is 0.488. The fourth-order valence-electron chi connectivity index (χ4n) is 2.90. The first-order chi connectivity index (χ1) is 10.2. The normalized spacial score (nSPS) is 20.7. The fourth-order valence-corrected chi connectivity index (χ4v) is 3.09. The maximum atomic E-state index is 5.89. The third kappa shape index (κ3) is 2.98. The Morgan fingerprint density at radius 2 is 1.95 bits per heavy atom. The van der Waals surface area contributed by atoms with E-state index >= 15 is 0 Å². The van der Waals surface area contributed by atoms with Crippen molar-refractivity contribution in [2.24, 2.45) is 0 Å². The molecule has 110 valence electrons. The number of ether oxygens (including phenoxy) is 1. The highest BCUT2D eigenvalue weighted by atomic mass is 35.5. The van der Waals surface area contributed by atoms with E-state index in [2.05, 4.69) is 22.4 Å². The summed E-state index contributed by atoms with van der Waals surface area (Å²) >= 11 is 5.89. The molecule has 3 rings (SSSR count). The van der Waals surface area contributed by atoms with Gasteiger partial charge in [-0.2, -0.15) is 0 Å². The van der Waals surface area contributed by atoms with Crippen LogP contribution in [0.1, 0.15) is 30.0 Å². The van der Waals surface area contributed by atoms with Crippen LogP contribution in [0, 0.1) is 6.92 Å². The van der Waals surface area contributed by atoms with Crippen molar-refractivity contribution in [2.75, 3.05) is 12.4 Å². The Kier molecular flexibility index (Phi) is 4.02. The highest BCUT2D eigenvalue weighted by Gasteiger charge is 2.32. The Balaban J connectivity index is 1.63. The molecule has 3 nitrogen and oxygen atoms in total. The largest absolute Gasteiger partial charge is 0.496 e. The van der Waals surface area contributed by atoms with Gasteiger partial charge in [0.25, 0.3) is 0 Å². The van der Waals surface area contributed by atoms with Crippen LogP contribution in [-0.2, 0) is 0 Å². The number of para-hydroxylation sites is 1. The van der Waals surface area contributed by atoms with Crippen molar-refractivity contribution in [1.29, 1.82) is 0 Å². The smallest absolute Gasteiger partial charge is 0.129 e. The summed E-state index contributed by atoms with van der Waals surface area (Å²) in [6.07, 6.45) is 2.23. The molecular weight excluding hydrogens is 284 g/mol. The van der Waals surface area contributed by atoms with Crippen LogP contribution < -0.4 is 10.1 Å². The third-order valence-corrected chi connectivity index (χ3v) is 4.34. The second kappa shape index (κ2) is 5.94. The molecule has 0 bridgehead atoms. The molecule has 1 heterocycles. The monoisotopic (exact) mass is 302 g/mol. The maximum Gasteiger partial charge on any atom is 0.129 e. The Labute approximate surface area is 130 Å². The topological polar surface area (TPSA) is 34.1 Å². The van der Waals surface area contributed by atoms with Gasteiger partial charge in [0.15, 0.2) is 0 Å². The average molecular weight is 303 g/mol. The SMILES string of the molecule is COc1ccccc1C1CC(Nc2ccc(Cl)nc2C)C1. The summed E-state index contributed by atoms with van der Waals surface area (Å²) < 4.78 is 5.44. The van der Waals surface area contributed by atoms with E-state index in [0.717, 1.165) is 30.0 Å². The van der Waals surface area contributed by atoms with E-state index in [9.17, 15) is 0 Å². The number of halogens is 1. The number of rotatable bonds is 4. The first-order valence-electron chi connectivity index (χ1n) is 7.20. The zero-order valence-corrected chi connectivity index (χ0v) is 13.0. The minimum Gasteiger partial charge on any atom is -0.496 e. The molecule has 1 fully saturated rings. The van der Waals surface area contributed by atoms with Gasteiger partial charge in [-0.1, -0.05) is 29.8 Å². The van der Waals surface area contributed by atoms with Gasteiger partial charge in [-0.25, -0.2) is 4.98 Å². The highest BCUT2D eigenvalue weighted by molar-refractivity contribution is 6.29. The number of anilines is 1. The van der Waals surface area contributed by atoms with Gasteiger partial charge in [-0.3, -0.25) is 0 Å². The lowest BCUT2D eigenvalue weighted by molar-refractivity contribution is 0.349. The van der Waals surface area contributed by atoms with Crippen LogP contribution in [0.4, 0.5) is 5.69 Å². The Hall–Kier alpha value is -1.74. The predicted molar refractivity (Wildman–Crippen MR) is 86.4 cm³/mol. The Bertz CT molecular complexity index is 638. The Morgan fingerprint density at radius 1 is 1.19 bits per heavy atom. The van der Waals surface area contributed by atoms with Gasteiger partial charge in [-0.05, 0) is 49.4 Å². The molecule has 0 atom stereocenters. The van der Waals surface area contributed by atoms with Gasteiger partial charge in [0.1, 0.15) is 10.9 Å². The number of hydrogen-bond acceptors (Lipinski definition) is 3. The first-order valence-corrected chi connectivity index (χ1v) is 7.57. The number of aryl methyl sites for hydroxylation is 1. The molecule has 21 heavy (non-hydrogen) atoms. The van der Waals surface area contributed by atoms with E-state index in [-0.39, 0.29) is 0 Å². The van der Waals surface area contributed by atoms with Crippen molar-refractivity contribution in [2.45, 2.75) is 31.7 Å². The lowest BCUT2D eigenvalue weighted by Gasteiger charge is -2.37. The molecule has 1 aromatic heterocycles. The van der Waals surface area contributed by atoms with Crippen LogP contribution in [0.3, 0.4) is 0 Å². The summed E-state index contributed by atoms with van der Waals surface area (Å²) in [7, 11) is 1.73. The van der Waals surface area contributed by atoms with Gasteiger partial charge < -0.3 is 10.1 Å². The van der Waals surface area contributed by atoms with E-state index in [4.69, 9.17) is 16.3 Å². The highest BCUT2D eigenvalue weighted by Crippen LogP contribution is 2.42. The number of methoxy groups -OCH3 is 1. The summed E-state index contributed by atoms with van der Waals surface area (Å²) in [4.78, 5) is 4.27. The van der Waals surface area contributed by atoms with Crippen LogP contribution in [-0.4, -0.2) is 18.1 Å². The van der Waals surface area contributed by atoms with E-state index in [1.165, 1.54) is 5.56 Å². The second-order valence-corrected chi connectivity index (χ2v) is 5.91. The summed E-state index contributed by atoms with van der Waals surface area (Å²) in [5.74, 6) is 1.56. The van der Waals surface area contributed by atoms with Gasteiger partial charge in [0.05, 0.1) is 18.5 Å². The molecule has 1 aromatic carbocycles. The molecular formula is C17H19ClN2O. The minimum atomic E-state index is 0.488. The van der Waals surface area contributed by atoms with E-state index in [1.807, 2.05) is 31.2 Å². The lowest BCUT2D eigenvalue weighted by atomic mass is 9.75. The van der Waals surface area contributed by atoms with Crippen molar-refractivity contribution < 1.29 is 4.74 Å². The van der Waals surface area contributed by atoms with Crippen LogP contribution in [0.2, 0.25) is 5.15 Å². The van der Waals surface area contributed by atoms with E-state index < -0.39 is 0 Å². The third-order valence-electron chi connectivity index (χ3n) is 4.13. The molecule has 0 saturated heterocycles. The molecule has 2 aromatic rings. The fraction of sp³-hybridized carbons (Fsp3) is 0.353. The maximum absolute atomic E-state index is 5.89. The van der Waals surface area contributed by atoms with Gasteiger partial charge in [0.2, 0.25) is 0 Å². The number of hydrogen-bond donors (Lipinski definition) is 1. The molecule has 0 amide bonds. The first kappa shape index (κ1) is 14.2. The van der Waals surface area contributed by atoms with Crippen molar-refractivity contribution in [1.82, 2.24) is 4.98 Å². The summed E-state index contributed by atoms with van der Waals surface area (Å²) in [6.45, 7) is 1.98. The molecule has 1 N–H and O–H groups in total. The number of benzene rings is 1. The second-order valence-electron chi connectivity index (χ2n) is 5.52. The van der Waals surface area contributed by atoms with Crippen molar-refractivity contribution in [3.05, 3.63) is 52.8 Å². The lowest BCUT2D eigenvalue weighted by Crippen LogP contribution is -2.34. The predicted octanol–water partition coefficient (Wildman–Crippen LogP) is 4.41. The van der Waals surface area contributed by atoms with E-state index in [1.54, 1.807) is 7.11 Å².